The lowest BCUT2D eigenvalue weighted by molar-refractivity contribution is -0.120. The number of nitrogens with zero attached hydrogens (tertiary/aromatic N) is 1. The summed E-state index contributed by atoms with van der Waals surface area (Å²) in [5, 5.41) is 5.21. The van der Waals surface area contributed by atoms with Crippen LogP contribution in [0.1, 0.15) is 6.92 Å². The number of nitrogens with one attached hydrogen (secondary N) is 1. The lowest BCUT2D eigenvalue weighted by atomic mass is 10.2. The van der Waals surface area contributed by atoms with Crippen LogP contribution in [0.25, 0.3) is 11.3 Å². The van der Waals surface area contributed by atoms with Gasteiger partial charge in [-0.05, 0) is 19.1 Å². The van der Waals surface area contributed by atoms with Crippen molar-refractivity contribution in [1.29, 1.82) is 0 Å². The van der Waals surface area contributed by atoms with Gasteiger partial charge in [-0.1, -0.05) is 28.1 Å². The van der Waals surface area contributed by atoms with Crippen molar-refractivity contribution in [3.05, 3.63) is 34.1 Å². The number of ether oxygens (including phenoxy) is 1. The first-order chi connectivity index (χ1) is 9.19. The molecule has 1 heterocycles. The van der Waals surface area contributed by atoms with Crippen LogP contribution >= 0.6 is 27.3 Å². The van der Waals surface area contributed by atoms with Crippen LogP contribution in [-0.2, 0) is 9.53 Å². The smallest absolute Gasteiger partial charge is 0.252 e. The second-order valence-corrected chi connectivity index (χ2v) is 5.51. The minimum Gasteiger partial charge on any atom is -0.372 e. The van der Waals surface area contributed by atoms with Crippen LogP contribution in [0.5, 0.6) is 0 Å². The Bertz CT molecular complexity index is 571. The van der Waals surface area contributed by atoms with Gasteiger partial charge >= 0.3 is 0 Å². The third-order valence-corrected chi connectivity index (χ3v) is 3.56. The highest BCUT2D eigenvalue weighted by molar-refractivity contribution is 9.10. The summed E-state index contributed by atoms with van der Waals surface area (Å²) in [4.78, 5) is 15.9. The average molecular weight is 341 g/mol. The molecule has 1 amide bonds. The summed E-state index contributed by atoms with van der Waals surface area (Å²) < 4.78 is 6.03. The quantitative estimate of drug-likeness (QED) is 0.905. The van der Waals surface area contributed by atoms with Gasteiger partial charge in [0.1, 0.15) is 6.61 Å². The highest BCUT2D eigenvalue weighted by atomic mass is 79.9. The molecule has 0 atom stereocenters. The molecule has 6 heteroatoms. The summed E-state index contributed by atoms with van der Waals surface area (Å²) in [6, 6.07) is 7.87. The molecule has 2 aromatic rings. The maximum atomic E-state index is 11.5. The van der Waals surface area contributed by atoms with Gasteiger partial charge in [0.15, 0.2) is 5.13 Å². The number of thiazole rings is 1. The van der Waals surface area contributed by atoms with Crippen LogP contribution in [0.15, 0.2) is 34.1 Å². The molecule has 0 aliphatic heterocycles. The van der Waals surface area contributed by atoms with E-state index >= 15 is 0 Å². The van der Waals surface area contributed by atoms with Gasteiger partial charge in [0.2, 0.25) is 0 Å². The molecule has 1 aromatic heterocycles. The highest BCUT2D eigenvalue weighted by Crippen LogP contribution is 2.26. The summed E-state index contributed by atoms with van der Waals surface area (Å²) in [6.07, 6.45) is 0. The molecule has 0 bridgehead atoms. The van der Waals surface area contributed by atoms with Gasteiger partial charge in [-0.3, -0.25) is 10.1 Å². The van der Waals surface area contributed by atoms with Gasteiger partial charge in [0.25, 0.3) is 5.91 Å². The Morgan fingerprint density at radius 1 is 1.53 bits per heavy atom. The van der Waals surface area contributed by atoms with Crippen LogP contribution in [0.4, 0.5) is 5.13 Å². The minimum atomic E-state index is -0.183. The zero-order valence-corrected chi connectivity index (χ0v) is 12.8. The van der Waals surface area contributed by atoms with Crippen molar-refractivity contribution in [3.63, 3.8) is 0 Å². The van der Waals surface area contributed by atoms with Gasteiger partial charge in [-0.15, -0.1) is 11.3 Å². The van der Waals surface area contributed by atoms with Gasteiger partial charge in [-0.2, -0.15) is 0 Å². The van der Waals surface area contributed by atoms with E-state index in [2.05, 4.69) is 26.2 Å². The first-order valence-corrected chi connectivity index (χ1v) is 7.45. The number of carbonyl (C=O) groups is 1. The Kier molecular flexibility index (Phi) is 5.07. The number of amides is 1. The Hall–Kier alpha value is -1.24. The molecule has 0 fully saturated rings. The van der Waals surface area contributed by atoms with E-state index < -0.39 is 0 Å². The molecule has 19 heavy (non-hydrogen) atoms. The van der Waals surface area contributed by atoms with E-state index in [1.807, 2.05) is 36.6 Å². The summed E-state index contributed by atoms with van der Waals surface area (Å²) in [5.74, 6) is -0.183. The first-order valence-electron chi connectivity index (χ1n) is 5.78. The van der Waals surface area contributed by atoms with Crippen LogP contribution in [0, 0.1) is 0 Å². The molecule has 0 unspecified atom stereocenters. The van der Waals surface area contributed by atoms with Crippen LogP contribution in [0.3, 0.4) is 0 Å². The second kappa shape index (κ2) is 6.79. The first kappa shape index (κ1) is 14.2. The monoisotopic (exact) mass is 340 g/mol. The van der Waals surface area contributed by atoms with E-state index in [0.717, 1.165) is 15.7 Å². The number of halogens is 1. The van der Waals surface area contributed by atoms with Crippen LogP contribution in [-0.4, -0.2) is 24.1 Å². The SMILES string of the molecule is CCOCC(=O)Nc1nc(-c2cccc(Br)c2)cs1. The third-order valence-electron chi connectivity index (χ3n) is 2.31. The van der Waals surface area contributed by atoms with Crippen molar-refractivity contribution in [2.24, 2.45) is 0 Å². The molecule has 4 nitrogen and oxygen atoms in total. The number of hydrogen-bond acceptors (Lipinski definition) is 4. The van der Waals surface area contributed by atoms with Gasteiger partial charge in [0.05, 0.1) is 5.69 Å². The van der Waals surface area contributed by atoms with Crippen molar-refractivity contribution >= 4 is 38.3 Å². The Balaban J connectivity index is 2.05. The molecule has 0 radical (unpaired) electrons. The largest absolute Gasteiger partial charge is 0.372 e. The predicted molar refractivity (Wildman–Crippen MR) is 80.4 cm³/mol. The summed E-state index contributed by atoms with van der Waals surface area (Å²) in [6.45, 7) is 2.43. The number of benzene rings is 1. The zero-order valence-electron chi connectivity index (χ0n) is 10.4. The number of anilines is 1. The Labute approximate surface area is 124 Å². The van der Waals surface area contributed by atoms with Crippen LogP contribution in [0.2, 0.25) is 0 Å². The number of hydrogen-bond donors (Lipinski definition) is 1. The van der Waals surface area contributed by atoms with Crippen molar-refractivity contribution in [1.82, 2.24) is 4.98 Å². The molecule has 0 spiro atoms. The third kappa shape index (κ3) is 4.12. The van der Waals surface area contributed by atoms with E-state index in [1.165, 1.54) is 11.3 Å². The molecule has 0 saturated carbocycles. The maximum absolute atomic E-state index is 11.5. The molecule has 1 aromatic carbocycles. The maximum Gasteiger partial charge on any atom is 0.252 e. The fourth-order valence-electron chi connectivity index (χ4n) is 1.46. The van der Waals surface area contributed by atoms with Crippen LogP contribution < -0.4 is 5.32 Å². The standard InChI is InChI=1S/C13H13BrN2O2S/c1-2-18-7-12(17)16-13-15-11(8-19-13)9-4-3-5-10(14)6-9/h3-6,8H,2,7H2,1H3,(H,15,16,17). The lowest BCUT2D eigenvalue weighted by Gasteiger charge is -2.01. The van der Waals surface area contributed by atoms with Crippen molar-refractivity contribution in [2.45, 2.75) is 6.92 Å². The Morgan fingerprint density at radius 3 is 3.11 bits per heavy atom. The fraction of sp³-hybridized carbons (Fsp3) is 0.231. The summed E-state index contributed by atoms with van der Waals surface area (Å²) >= 11 is 4.82. The number of rotatable bonds is 5. The molecule has 2 rings (SSSR count). The van der Waals surface area contributed by atoms with E-state index in [9.17, 15) is 4.79 Å². The van der Waals surface area contributed by atoms with E-state index in [1.54, 1.807) is 0 Å². The van der Waals surface area contributed by atoms with Gasteiger partial charge in [0, 0.05) is 22.0 Å². The Morgan fingerprint density at radius 2 is 2.37 bits per heavy atom. The highest BCUT2D eigenvalue weighted by Gasteiger charge is 2.08. The van der Waals surface area contributed by atoms with Crippen molar-refractivity contribution in [3.8, 4) is 11.3 Å². The topological polar surface area (TPSA) is 51.2 Å². The van der Waals surface area contributed by atoms with E-state index in [-0.39, 0.29) is 12.5 Å². The van der Waals surface area contributed by atoms with Crippen molar-refractivity contribution < 1.29 is 9.53 Å². The zero-order chi connectivity index (χ0) is 13.7. The predicted octanol–water partition coefficient (Wildman–Crippen LogP) is 3.55. The molecular weight excluding hydrogens is 328 g/mol. The fourth-order valence-corrected chi connectivity index (χ4v) is 2.60. The molecule has 0 aliphatic carbocycles. The molecule has 1 N–H and O–H groups in total. The average Bonchev–Trinajstić information content (AvgIpc) is 2.85. The second-order valence-electron chi connectivity index (χ2n) is 3.73. The minimum absolute atomic E-state index is 0.0578. The van der Waals surface area contributed by atoms with E-state index in [0.29, 0.717) is 11.7 Å². The van der Waals surface area contributed by atoms with Gasteiger partial charge in [-0.25, -0.2) is 4.98 Å². The molecule has 0 aliphatic rings. The molecular formula is C13H13BrN2O2S. The lowest BCUT2D eigenvalue weighted by Crippen LogP contribution is -2.17. The number of carbonyl (C=O) groups excluding carboxylic acids is 1. The molecule has 100 valence electrons. The van der Waals surface area contributed by atoms with Crippen molar-refractivity contribution in [2.75, 3.05) is 18.5 Å². The molecule has 0 saturated heterocycles. The van der Waals surface area contributed by atoms with E-state index in [4.69, 9.17) is 4.74 Å². The summed E-state index contributed by atoms with van der Waals surface area (Å²) in [7, 11) is 0. The summed E-state index contributed by atoms with van der Waals surface area (Å²) in [5.41, 5.74) is 1.86. The normalized spacial score (nSPS) is 10.4. The van der Waals surface area contributed by atoms with Gasteiger partial charge < -0.3 is 4.74 Å². The number of aromatic nitrogens is 1.